The van der Waals surface area contributed by atoms with Crippen LogP contribution in [0.3, 0.4) is 0 Å². The van der Waals surface area contributed by atoms with Crippen molar-refractivity contribution in [3.8, 4) is 0 Å². The van der Waals surface area contributed by atoms with E-state index in [-0.39, 0.29) is 18.3 Å². The molecule has 1 unspecified atom stereocenters. The number of hydrogen-bond donors (Lipinski definition) is 2. The molecule has 1 atom stereocenters. The van der Waals surface area contributed by atoms with E-state index in [0.29, 0.717) is 6.42 Å². The first-order chi connectivity index (χ1) is 11.5. The number of aryl methyl sites for hydroxylation is 1. The lowest BCUT2D eigenvalue weighted by molar-refractivity contribution is -0.125. The van der Waals surface area contributed by atoms with Crippen molar-refractivity contribution in [2.75, 3.05) is 6.54 Å². The van der Waals surface area contributed by atoms with Gasteiger partial charge >= 0.3 is 0 Å². The summed E-state index contributed by atoms with van der Waals surface area (Å²) in [6.07, 6.45) is 5.33. The van der Waals surface area contributed by atoms with E-state index >= 15 is 0 Å². The highest BCUT2D eigenvalue weighted by Gasteiger charge is 2.51. The minimum Gasteiger partial charge on any atom is -0.469 e. The minimum atomic E-state index is -1.07. The molecule has 0 saturated heterocycles. The van der Waals surface area contributed by atoms with Gasteiger partial charge in [-0.2, -0.15) is 0 Å². The number of fused-ring (bicyclic) bond motifs is 1. The molecule has 2 aliphatic carbocycles. The smallest absolute Gasteiger partial charge is 0.230 e. The fourth-order valence-electron chi connectivity index (χ4n) is 3.74. The monoisotopic (exact) mass is 329 g/mol. The Morgan fingerprint density at radius 1 is 1.21 bits per heavy atom. The molecule has 4 nitrogen and oxygen atoms in total. The number of carbonyl (C=O) groups is 1. The molecule has 1 heterocycles. The molecule has 24 heavy (non-hydrogen) atoms. The van der Waals surface area contributed by atoms with Crippen LogP contribution in [0.5, 0.6) is 0 Å². The van der Waals surface area contributed by atoms with Gasteiger partial charge in [-0.3, -0.25) is 4.79 Å². The molecule has 2 aromatic rings. The van der Waals surface area contributed by atoms with E-state index in [1.54, 1.807) is 24.5 Å². The van der Waals surface area contributed by atoms with Gasteiger partial charge in [0.15, 0.2) is 0 Å². The summed E-state index contributed by atoms with van der Waals surface area (Å²) in [5, 5.41) is 13.8. The zero-order valence-electron chi connectivity index (χ0n) is 13.3. The van der Waals surface area contributed by atoms with Crippen molar-refractivity contribution in [3.05, 3.63) is 59.3 Å². The first-order valence-corrected chi connectivity index (χ1v) is 8.37. The van der Waals surface area contributed by atoms with E-state index in [2.05, 4.69) is 5.32 Å². The SMILES string of the molecule is O=C(NCC1(O)CCCc2occc21)C1(c2ccc(F)cc2)CC1. The number of furan rings is 1. The van der Waals surface area contributed by atoms with Gasteiger partial charge in [0.05, 0.1) is 18.2 Å². The zero-order chi connectivity index (χ0) is 16.8. The van der Waals surface area contributed by atoms with Gasteiger partial charge < -0.3 is 14.8 Å². The molecule has 1 aromatic carbocycles. The summed E-state index contributed by atoms with van der Waals surface area (Å²) in [6.45, 7) is 0.168. The topological polar surface area (TPSA) is 62.5 Å². The Morgan fingerprint density at radius 2 is 1.96 bits per heavy atom. The first kappa shape index (κ1) is 15.4. The molecule has 0 bridgehead atoms. The number of rotatable bonds is 4. The van der Waals surface area contributed by atoms with Gasteiger partial charge in [-0.1, -0.05) is 12.1 Å². The molecule has 0 aliphatic heterocycles. The third-order valence-corrected chi connectivity index (χ3v) is 5.36. The standard InChI is InChI=1S/C19H20FNO3/c20-14-5-3-13(4-6-14)18(9-10-18)17(22)21-12-19(23)8-1-2-16-15(19)7-11-24-16/h3-7,11,23H,1-2,8-10,12H2,(H,21,22). The predicted molar refractivity (Wildman–Crippen MR) is 85.9 cm³/mol. The van der Waals surface area contributed by atoms with Crippen LogP contribution in [0.4, 0.5) is 4.39 Å². The Kier molecular flexibility index (Phi) is 3.49. The van der Waals surface area contributed by atoms with Crippen LogP contribution in [0.2, 0.25) is 0 Å². The molecular weight excluding hydrogens is 309 g/mol. The van der Waals surface area contributed by atoms with E-state index < -0.39 is 11.0 Å². The van der Waals surface area contributed by atoms with E-state index in [9.17, 15) is 14.3 Å². The van der Waals surface area contributed by atoms with Gasteiger partial charge in [-0.25, -0.2) is 4.39 Å². The first-order valence-electron chi connectivity index (χ1n) is 8.37. The maximum atomic E-state index is 13.1. The fraction of sp³-hybridized carbons (Fsp3) is 0.421. The van der Waals surface area contributed by atoms with E-state index in [1.807, 2.05) is 0 Å². The van der Waals surface area contributed by atoms with Gasteiger partial charge in [-0.15, -0.1) is 0 Å². The third-order valence-electron chi connectivity index (χ3n) is 5.36. The molecule has 0 radical (unpaired) electrons. The Hall–Kier alpha value is -2.14. The largest absolute Gasteiger partial charge is 0.469 e. The van der Waals surface area contributed by atoms with Gasteiger partial charge in [0.2, 0.25) is 5.91 Å². The molecule has 2 N–H and O–H groups in total. The number of aliphatic hydroxyl groups is 1. The highest BCUT2D eigenvalue weighted by molar-refractivity contribution is 5.91. The normalized spacial score (nSPS) is 24.2. The zero-order valence-corrected chi connectivity index (χ0v) is 13.3. The Labute approximate surface area is 139 Å². The highest BCUT2D eigenvalue weighted by atomic mass is 19.1. The van der Waals surface area contributed by atoms with Crippen LogP contribution in [-0.4, -0.2) is 17.6 Å². The van der Waals surface area contributed by atoms with E-state index in [4.69, 9.17) is 4.42 Å². The summed E-state index contributed by atoms with van der Waals surface area (Å²) in [6, 6.07) is 7.90. The van der Waals surface area contributed by atoms with Gasteiger partial charge in [-0.05, 0) is 49.4 Å². The summed E-state index contributed by atoms with van der Waals surface area (Å²) in [4.78, 5) is 12.7. The number of carbonyl (C=O) groups excluding carboxylic acids is 1. The lowest BCUT2D eigenvalue weighted by Crippen LogP contribution is -2.45. The lowest BCUT2D eigenvalue weighted by atomic mass is 9.82. The third kappa shape index (κ3) is 2.44. The van der Waals surface area contributed by atoms with Crippen molar-refractivity contribution >= 4 is 5.91 Å². The number of nitrogens with one attached hydrogen (secondary N) is 1. The molecule has 5 heteroatoms. The van der Waals surface area contributed by atoms with Crippen molar-refractivity contribution in [2.24, 2.45) is 0 Å². The fourth-order valence-corrected chi connectivity index (χ4v) is 3.74. The average Bonchev–Trinajstić information content (AvgIpc) is 3.24. The van der Waals surface area contributed by atoms with Crippen molar-refractivity contribution < 1.29 is 18.7 Å². The van der Waals surface area contributed by atoms with Crippen LogP contribution in [0, 0.1) is 5.82 Å². The Bertz CT molecular complexity index is 763. The van der Waals surface area contributed by atoms with Crippen molar-refractivity contribution in [3.63, 3.8) is 0 Å². The average molecular weight is 329 g/mol. The van der Waals surface area contributed by atoms with Crippen molar-refractivity contribution in [1.82, 2.24) is 5.32 Å². The quantitative estimate of drug-likeness (QED) is 0.907. The van der Waals surface area contributed by atoms with Gasteiger partial charge in [0.25, 0.3) is 0 Å². The molecule has 1 aromatic heterocycles. The predicted octanol–water partition coefficient (Wildman–Crippen LogP) is 2.79. The lowest BCUT2D eigenvalue weighted by Gasteiger charge is -2.32. The second kappa shape index (κ2) is 5.45. The Balaban J connectivity index is 1.49. The van der Waals surface area contributed by atoms with E-state index in [0.717, 1.165) is 42.6 Å². The van der Waals surface area contributed by atoms with Crippen LogP contribution >= 0.6 is 0 Å². The van der Waals surface area contributed by atoms with E-state index in [1.165, 1.54) is 12.1 Å². The van der Waals surface area contributed by atoms with Crippen molar-refractivity contribution in [1.29, 1.82) is 0 Å². The molecular formula is C19H20FNO3. The molecule has 1 amide bonds. The van der Waals surface area contributed by atoms with Gasteiger partial charge in [0, 0.05) is 12.0 Å². The molecule has 4 rings (SSSR count). The maximum Gasteiger partial charge on any atom is 0.230 e. The van der Waals surface area contributed by atoms with Crippen LogP contribution in [0.15, 0.2) is 41.0 Å². The number of halogens is 1. The molecule has 1 saturated carbocycles. The molecule has 1 fully saturated rings. The molecule has 0 spiro atoms. The summed E-state index contributed by atoms with van der Waals surface area (Å²) in [7, 11) is 0. The second-order valence-electron chi connectivity index (χ2n) is 6.91. The van der Waals surface area contributed by atoms with Crippen LogP contribution in [0.1, 0.15) is 42.6 Å². The van der Waals surface area contributed by atoms with Crippen LogP contribution < -0.4 is 5.32 Å². The summed E-state index contributed by atoms with van der Waals surface area (Å²) in [5.74, 6) is 0.398. The summed E-state index contributed by atoms with van der Waals surface area (Å²) in [5.41, 5.74) is -0.0331. The Morgan fingerprint density at radius 3 is 2.67 bits per heavy atom. The second-order valence-corrected chi connectivity index (χ2v) is 6.91. The summed E-state index contributed by atoms with van der Waals surface area (Å²) < 4.78 is 18.5. The number of hydrogen-bond acceptors (Lipinski definition) is 3. The van der Waals surface area contributed by atoms with Crippen LogP contribution in [-0.2, 0) is 22.2 Å². The number of benzene rings is 1. The molecule has 2 aliphatic rings. The van der Waals surface area contributed by atoms with Crippen molar-refractivity contribution in [2.45, 2.75) is 43.1 Å². The van der Waals surface area contributed by atoms with Crippen LogP contribution in [0.25, 0.3) is 0 Å². The highest BCUT2D eigenvalue weighted by Crippen LogP contribution is 2.48. The summed E-state index contributed by atoms with van der Waals surface area (Å²) >= 11 is 0. The minimum absolute atomic E-state index is 0.0989. The number of amides is 1. The molecule has 126 valence electrons. The van der Waals surface area contributed by atoms with Gasteiger partial charge in [0.1, 0.15) is 17.2 Å². The maximum absolute atomic E-state index is 13.1.